The molecule has 0 aliphatic carbocycles. The van der Waals surface area contributed by atoms with E-state index in [-0.39, 0.29) is 10.6 Å². The number of benzene rings is 2. The lowest BCUT2D eigenvalue weighted by Gasteiger charge is -2.26. The highest BCUT2D eigenvalue weighted by Crippen LogP contribution is 2.22. The third-order valence-corrected chi connectivity index (χ3v) is 7.57. The van der Waals surface area contributed by atoms with E-state index in [4.69, 9.17) is 4.18 Å². The van der Waals surface area contributed by atoms with E-state index in [2.05, 4.69) is 4.90 Å². The van der Waals surface area contributed by atoms with Crippen LogP contribution in [0.1, 0.15) is 31.2 Å². The van der Waals surface area contributed by atoms with Crippen LogP contribution in [0.25, 0.3) is 0 Å². The molecule has 0 amide bonds. The molecule has 0 saturated carbocycles. The lowest BCUT2D eigenvalue weighted by molar-refractivity contribution is 0.229. The molecule has 1 aliphatic rings. The quantitative estimate of drug-likeness (QED) is 0.480. The smallest absolute Gasteiger partial charge is 0.339 e. The van der Waals surface area contributed by atoms with Crippen LogP contribution < -0.4 is 4.18 Å². The van der Waals surface area contributed by atoms with E-state index in [0.717, 1.165) is 31.6 Å². The van der Waals surface area contributed by atoms with Gasteiger partial charge in [-0.25, -0.2) is 0 Å². The van der Waals surface area contributed by atoms with Gasteiger partial charge in [0.1, 0.15) is 16.4 Å². The molecule has 152 valence electrons. The van der Waals surface area contributed by atoms with Gasteiger partial charge in [-0.15, -0.1) is 0 Å². The largest absolute Gasteiger partial charge is 0.611 e. The second-order valence-electron chi connectivity index (χ2n) is 7.13. The molecule has 28 heavy (non-hydrogen) atoms. The van der Waals surface area contributed by atoms with Crippen LogP contribution in [0.2, 0.25) is 0 Å². The van der Waals surface area contributed by atoms with Gasteiger partial charge >= 0.3 is 10.1 Å². The summed E-state index contributed by atoms with van der Waals surface area (Å²) < 4.78 is 42.3. The fourth-order valence-electron chi connectivity index (χ4n) is 3.25. The molecule has 1 fully saturated rings. The Kier molecular flexibility index (Phi) is 7.40. The molecule has 1 saturated heterocycles. The van der Waals surface area contributed by atoms with Gasteiger partial charge in [0, 0.05) is 13.0 Å². The van der Waals surface area contributed by atoms with Crippen molar-refractivity contribution in [3.05, 3.63) is 54.1 Å². The van der Waals surface area contributed by atoms with Crippen molar-refractivity contribution in [1.82, 2.24) is 4.90 Å². The Morgan fingerprint density at radius 3 is 2.29 bits per heavy atom. The van der Waals surface area contributed by atoms with E-state index in [9.17, 15) is 13.0 Å². The van der Waals surface area contributed by atoms with E-state index in [1.807, 2.05) is 6.92 Å². The topological polar surface area (TPSA) is 69.7 Å². The van der Waals surface area contributed by atoms with Crippen molar-refractivity contribution in [3.8, 4) is 5.75 Å². The molecule has 1 heterocycles. The van der Waals surface area contributed by atoms with E-state index >= 15 is 0 Å². The van der Waals surface area contributed by atoms with Crippen molar-refractivity contribution >= 4 is 21.3 Å². The van der Waals surface area contributed by atoms with E-state index in [1.165, 1.54) is 31.4 Å². The van der Waals surface area contributed by atoms with Crippen LogP contribution in [-0.4, -0.2) is 43.3 Å². The van der Waals surface area contributed by atoms with E-state index < -0.39 is 21.3 Å². The van der Waals surface area contributed by atoms with Crippen LogP contribution in [0.15, 0.2) is 58.3 Å². The molecule has 5 nitrogen and oxygen atoms in total. The van der Waals surface area contributed by atoms with Gasteiger partial charge in [0.2, 0.25) is 0 Å². The van der Waals surface area contributed by atoms with Gasteiger partial charge in [-0.1, -0.05) is 24.1 Å². The monoisotopic (exact) mass is 421 g/mol. The lowest BCUT2D eigenvalue weighted by Crippen LogP contribution is -2.31. The Bertz CT molecular complexity index is 845. The third kappa shape index (κ3) is 5.98. The molecule has 2 aromatic carbocycles. The number of hydrogen-bond acceptors (Lipinski definition) is 5. The number of piperidine rings is 1. The van der Waals surface area contributed by atoms with Gasteiger partial charge in [0.05, 0.1) is 0 Å². The van der Waals surface area contributed by atoms with Gasteiger partial charge in [0.25, 0.3) is 0 Å². The minimum absolute atomic E-state index is 0.114. The Hall–Kier alpha value is -1.54. The molecule has 2 aromatic rings. The van der Waals surface area contributed by atoms with Crippen LogP contribution in [0.3, 0.4) is 0 Å². The predicted octanol–water partition coefficient (Wildman–Crippen LogP) is 3.75. The summed E-state index contributed by atoms with van der Waals surface area (Å²) in [5.41, 5.74) is 0.978. The average molecular weight is 422 g/mol. The first-order chi connectivity index (χ1) is 13.4. The molecule has 0 radical (unpaired) electrons. The fourth-order valence-corrected chi connectivity index (χ4v) is 5.24. The molecule has 1 atom stereocenters. The molecule has 0 bridgehead atoms. The van der Waals surface area contributed by atoms with Crippen molar-refractivity contribution in [3.63, 3.8) is 0 Å². The standard InChI is InChI=1S/C21H27NO4S2/c1-18-6-12-21(13-7-18)28(24,25)26-19-8-10-20(11-9-19)27(23)17-5-16-22-14-3-2-4-15-22/h6-13H,2-5,14-17H2,1H3. The van der Waals surface area contributed by atoms with Gasteiger partial charge in [-0.3, -0.25) is 0 Å². The molecule has 1 aliphatic heterocycles. The zero-order chi connectivity index (χ0) is 20.0. The molecule has 0 aromatic heterocycles. The molecular formula is C21H27NO4S2. The van der Waals surface area contributed by atoms with Gasteiger partial charge < -0.3 is 13.6 Å². The first-order valence-electron chi connectivity index (χ1n) is 9.66. The number of likely N-dealkylation sites (tertiary alicyclic amines) is 1. The van der Waals surface area contributed by atoms with Gasteiger partial charge in [-0.05, 0) is 80.4 Å². The third-order valence-electron chi connectivity index (χ3n) is 4.85. The van der Waals surface area contributed by atoms with Crippen molar-refractivity contribution in [2.24, 2.45) is 0 Å². The highest BCUT2D eigenvalue weighted by molar-refractivity contribution is 7.91. The highest BCUT2D eigenvalue weighted by atomic mass is 32.2. The van der Waals surface area contributed by atoms with Crippen LogP contribution in [0.4, 0.5) is 0 Å². The van der Waals surface area contributed by atoms with Crippen LogP contribution in [0, 0.1) is 6.92 Å². The first-order valence-corrected chi connectivity index (χ1v) is 12.4. The Balaban J connectivity index is 1.53. The summed E-state index contributed by atoms with van der Waals surface area (Å²) in [5.74, 6) is 0.827. The molecule has 7 heteroatoms. The Morgan fingerprint density at radius 2 is 1.64 bits per heavy atom. The maximum atomic E-state index is 12.5. The van der Waals surface area contributed by atoms with Crippen molar-refractivity contribution < 1.29 is 17.2 Å². The SMILES string of the molecule is Cc1ccc(S(=O)(=O)Oc2ccc([S+]([O-])CCCN3CCCCC3)cc2)cc1. The van der Waals surface area contributed by atoms with Crippen LogP contribution in [-0.2, 0) is 21.3 Å². The second kappa shape index (κ2) is 9.78. The Morgan fingerprint density at radius 1 is 1.00 bits per heavy atom. The number of rotatable bonds is 8. The van der Waals surface area contributed by atoms with Crippen LogP contribution in [0.5, 0.6) is 5.75 Å². The van der Waals surface area contributed by atoms with Crippen molar-refractivity contribution in [2.45, 2.75) is 42.4 Å². The zero-order valence-electron chi connectivity index (χ0n) is 16.2. The number of aryl methyl sites for hydroxylation is 1. The lowest BCUT2D eigenvalue weighted by atomic mass is 10.1. The van der Waals surface area contributed by atoms with Crippen molar-refractivity contribution in [1.29, 1.82) is 0 Å². The number of nitrogens with zero attached hydrogens (tertiary/aromatic N) is 1. The van der Waals surface area contributed by atoms with E-state index in [1.54, 1.807) is 36.4 Å². The second-order valence-corrected chi connectivity index (χ2v) is 10.2. The summed E-state index contributed by atoms with van der Waals surface area (Å²) >= 11 is -1.09. The number of hydrogen-bond donors (Lipinski definition) is 0. The minimum atomic E-state index is -3.87. The summed E-state index contributed by atoms with van der Waals surface area (Å²) in [7, 11) is -3.87. The van der Waals surface area contributed by atoms with Gasteiger partial charge in [-0.2, -0.15) is 8.42 Å². The summed E-state index contributed by atoms with van der Waals surface area (Å²) in [6.07, 6.45) is 4.73. The predicted molar refractivity (Wildman–Crippen MR) is 112 cm³/mol. The minimum Gasteiger partial charge on any atom is -0.611 e. The van der Waals surface area contributed by atoms with E-state index in [0.29, 0.717) is 10.6 Å². The normalized spacial score (nSPS) is 16.6. The fraction of sp³-hybridized carbons (Fsp3) is 0.429. The molecule has 0 spiro atoms. The van der Waals surface area contributed by atoms with Gasteiger partial charge in [0.15, 0.2) is 4.90 Å². The first kappa shape index (κ1) is 21.2. The zero-order valence-corrected chi connectivity index (χ0v) is 17.8. The van der Waals surface area contributed by atoms with Crippen LogP contribution >= 0.6 is 0 Å². The molecule has 1 unspecified atom stereocenters. The molecule has 0 N–H and O–H groups in total. The summed E-state index contributed by atoms with van der Waals surface area (Å²) in [4.78, 5) is 3.25. The maximum Gasteiger partial charge on any atom is 0.339 e. The summed E-state index contributed by atoms with van der Waals surface area (Å²) in [6.45, 7) is 5.17. The van der Waals surface area contributed by atoms with Crippen molar-refractivity contribution in [2.75, 3.05) is 25.4 Å². The highest BCUT2D eigenvalue weighted by Gasteiger charge is 2.18. The molecular weight excluding hydrogens is 394 g/mol. The molecule has 3 rings (SSSR count). The summed E-state index contributed by atoms with van der Waals surface area (Å²) in [6, 6.07) is 13.0. The Labute approximate surface area is 171 Å². The maximum absolute atomic E-state index is 12.5. The summed E-state index contributed by atoms with van der Waals surface area (Å²) in [5, 5.41) is 0. The average Bonchev–Trinajstić information content (AvgIpc) is 2.69.